The molecule has 0 bridgehead atoms. The lowest BCUT2D eigenvalue weighted by Crippen LogP contribution is -2.05. The third-order valence-corrected chi connectivity index (χ3v) is 2.42. The number of halogens is 1. The fraction of sp³-hybridized carbons (Fsp3) is 0.308. The Labute approximate surface area is 95.5 Å². The molecule has 0 spiro atoms. The summed E-state index contributed by atoms with van der Waals surface area (Å²) in [6, 6.07) is 6.93. The average Bonchev–Trinajstić information content (AvgIpc) is 2.18. The Morgan fingerprint density at radius 2 is 2.07 bits per heavy atom. The van der Waals surface area contributed by atoms with Gasteiger partial charge in [-0.1, -0.05) is 18.5 Å². The summed E-state index contributed by atoms with van der Waals surface area (Å²) in [5.74, 6) is 2.91. The third kappa shape index (κ3) is 3.77. The van der Waals surface area contributed by atoms with Crippen LogP contribution in [-0.4, -0.2) is 5.78 Å². The van der Waals surface area contributed by atoms with Gasteiger partial charge in [0.05, 0.1) is 0 Å². The lowest BCUT2D eigenvalue weighted by molar-refractivity contribution is 0.0965. The van der Waals surface area contributed by atoms with Gasteiger partial charge in [0.1, 0.15) is 0 Å². The van der Waals surface area contributed by atoms with Crippen LogP contribution in [0, 0.1) is 18.3 Å². The van der Waals surface area contributed by atoms with E-state index in [1.54, 1.807) is 24.3 Å². The molecule has 0 saturated heterocycles. The van der Waals surface area contributed by atoms with E-state index >= 15 is 0 Å². The second kappa shape index (κ2) is 5.58. The van der Waals surface area contributed by atoms with Crippen LogP contribution in [0.2, 0.25) is 5.02 Å². The molecule has 0 amide bonds. The van der Waals surface area contributed by atoms with Gasteiger partial charge < -0.3 is 0 Å². The van der Waals surface area contributed by atoms with Crippen LogP contribution >= 0.6 is 11.6 Å². The largest absolute Gasteiger partial charge is 0.294 e. The van der Waals surface area contributed by atoms with E-state index in [-0.39, 0.29) is 11.7 Å². The molecule has 1 nitrogen and oxygen atoms in total. The molecule has 0 heterocycles. The standard InChI is InChI=1S/C13H13ClO/c1-3-4-10(2)9-13(15)11-5-7-12(14)8-6-11/h1,5-8,10H,4,9H2,2H3. The summed E-state index contributed by atoms with van der Waals surface area (Å²) in [5.41, 5.74) is 0.697. The Kier molecular flexibility index (Phi) is 4.39. The number of carbonyl (C=O) groups is 1. The molecule has 0 aromatic heterocycles. The first-order chi connectivity index (χ1) is 7.13. The number of rotatable bonds is 4. The van der Waals surface area contributed by atoms with Gasteiger partial charge in [-0.3, -0.25) is 4.79 Å². The summed E-state index contributed by atoms with van der Waals surface area (Å²) in [6.45, 7) is 1.98. The van der Waals surface area contributed by atoms with Crippen molar-refractivity contribution in [3.05, 3.63) is 34.9 Å². The van der Waals surface area contributed by atoms with E-state index in [0.29, 0.717) is 23.4 Å². The molecular weight excluding hydrogens is 208 g/mol. The van der Waals surface area contributed by atoms with E-state index in [4.69, 9.17) is 18.0 Å². The van der Waals surface area contributed by atoms with Gasteiger partial charge in [-0.2, -0.15) is 0 Å². The van der Waals surface area contributed by atoms with E-state index in [0.717, 1.165) is 0 Å². The summed E-state index contributed by atoms with van der Waals surface area (Å²) in [6.07, 6.45) is 6.32. The molecule has 1 unspecified atom stereocenters. The molecule has 2 heteroatoms. The molecule has 1 aromatic carbocycles. The van der Waals surface area contributed by atoms with Crippen molar-refractivity contribution >= 4 is 17.4 Å². The molecule has 0 N–H and O–H groups in total. The van der Waals surface area contributed by atoms with Crippen LogP contribution in [0.5, 0.6) is 0 Å². The van der Waals surface area contributed by atoms with Gasteiger partial charge >= 0.3 is 0 Å². The Hall–Kier alpha value is -1.26. The summed E-state index contributed by atoms with van der Waals surface area (Å²) in [7, 11) is 0. The molecule has 1 rings (SSSR count). The molecule has 1 aromatic rings. The Morgan fingerprint density at radius 1 is 1.47 bits per heavy atom. The Bertz CT molecular complexity index is 373. The van der Waals surface area contributed by atoms with Gasteiger partial charge in [-0.05, 0) is 30.2 Å². The molecule has 0 fully saturated rings. The normalized spacial score (nSPS) is 11.8. The number of benzene rings is 1. The SMILES string of the molecule is C#CCC(C)CC(=O)c1ccc(Cl)cc1. The number of carbonyl (C=O) groups excluding carboxylic acids is 1. The number of ketones is 1. The number of hydrogen-bond acceptors (Lipinski definition) is 1. The second-order valence-corrected chi connectivity index (χ2v) is 4.08. The lowest BCUT2D eigenvalue weighted by atomic mass is 9.97. The van der Waals surface area contributed by atoms with Crippen LogP contribution in [0.4, 0.5) is 0 Å². The summed E-state index contributed by atoms with van der Waals surface area (Å²) in [4.78, 5) is 11.7. The minimum absolute atomic E-state index is 0.120. The fourth-order valence-corrected chi connectivity index (χ4v) is 1.47. The van der Waals surface area contributed by atoms with E-state index in [9.17, 15) is 4.79 Å². The molecule has 15 heavy (non-hydrogen) atoms. The zero-order valence-electron chi connectivity index (χ0n) is 8.66. The maximum atomic E-state index is 11.7. The van der Waals surface area contributed by atoms with Crippen molar-refractivity contribution in [1.29, 1.82) is 0 Å². The lowest BCUT2D eigenvalue weighted by Gasteiger charge is -2.06. The smallest absolute Gasteiger partial charge is 0.163 e. The summed E-state index contributed by atoms with van der Waals surface area (Å²) in [5, 5.41) is 0.642. The first-order valence-electron chi connectivity index (χ1n) is 4.85. The maximum Gasteiger partial charge on any atom is 0.163 e. The monoisotopic (exact) mass is 220 g/mol. The highest BCUT2D eigenvalue weighted by atomic mass is 35.5. The number of Topliss-reactive ketones (excluding diaryl/α,β-unsaturated/α-hetero) is 1. The van der Waals surface area contributed by atoms with Crippen molar-refractivity contribution < 1.29 is 4.79 Å². The van der Waals surface area contributed by atoms with Gasteiger partial charge in [0.15, 0.2) is 5.78 Å². The fourth-order valence-electron chi connectivity index (χ4n) is 1.34. The van der Waals surface area contributed by atoms with Crippen molar-refractivity contribution in [3.63, 3.8) is 0 Å². The van der Waals surface area contributed by atoms with Crippen molar-refractivity contribution in [2.24, 2.45) is 5.92 Å². The number of terminal acetylenes is 1. The first kappa shape index (κ1) is 11.8. The highest BCUT2D eigenvalue weighted by Gasteiger charge is 2.10. The van der Waals surface area contributed by atoms with Crippen molar-refractivity contribution in [2.75, 3.05) is 0 Å². The highest BCUT2D eigenvalue weighted by Crippen LogP contribution is 2.15. The zero-order chi connectivity index (χ0) is 11.3. The predicted octanol–water partition coefficient (Wildman–Crippen LogP) is 3.57. The topological polar surface area (TPSA) is 17.1 Å². The van der Waals surface area contributed by atoms with E-state index in [1.807, 2.05) is 6.92 Å². The van der Waals surface area contributed by atoms with Gasteiger partial charge in [0.2, 0.25) is 0 Å². The summed E-state index contributed by atoms with van der Waals surface area (Å²) >= 11 is 5.73. The molecule has 0 aliphatic heterocycles. The first-order valence-corrected chi connectivity index (χ1v) is 5.23. The van der Waals surface area contributed by atoms with Gasteiger partial charge in [0, 0.05) is 23.4 Å². The van der Waals surface area contributed by atoms with Crippen molar-refractivity contribution in [3.8, 4) is 12.3 Å². The second-order valence-electron chi connectivity index (χ2n) is 3.65. The Balaban J connectivity index is 2.62. The molecular formula is C13H13ClO. The molecule has 78 valence electrons. The van der Waals surface area contributed by atoms with E-state index in [2.05, 4.69) is 5.92 Å². The minimum Gasteiger partial charge on any atom is -0.294 e. The predicted molar refractivity (Wildman–Crippen MR) is 63.0 cm³/mol. The van der Waals surface area contributed by atoms with Gasteiger partial charge in [-0.15, -0.1) is 12.3 Å². The Morgan fingerprint density at radius 3 is 2.60 bits per heavy atom. The quantitative estimate of drug-likeness (QED) is 0.560. The molecule has 0 saturated carbocycles. The number of hydrogen-bond donors (Lipinski definition) is 0. The zero-order valence-corrected chi connectivity index (χ0v) is 9.42. The van der Waals surface area contributed by atoms with Crippen LogP contribution in [0.25, 0.3) is 0 Å². The van der Waals surface area contributed by atoms with Crippen LogP contribution in [-0.2, 0) is 0 Å². The van der Waals surface area contributed by atoms with E-state index in [1.165, 1.54) is 0 Å². The van der Waals surface area contributed by atoms with Crippen LogP contribution < -0.4 is 0 Å². The van der Waals surface area contributed by atoms with Crippen molar-refractivity contribution in [2.45, 2.75) is 19.8 Å². The van der Waals surface area contributed by atoms with Gasteiger partial charge in [-0.25, -0.2) is 0 Å². The van der Waals surface area contributed by atoms with Crippen molar-refractivity contribution in [1.82, 2.24) is 0 Å². The third-order valence-electron chi connectivity index (χ3n) is 2.17. The summed E-state index contributed by atoms with van der Waals surface area (Å²) < 4.78 is 0. The van der Waals surface area contributed by atoms with E-state index < -0.39 is 0 Å². The molecule has 0 aliphatic rings. The highest BCUT2D eigenvalue weighted by molar-refractivity contribution is 6.30. The maximum absolute atomic E-state index is 11.7. The molecule has 1 atom stereocenters. The minimum atomic E-state index is 0.120. The van der Waals surface area contributed by atoms with Crippen LogP contribution in [0.3, 0.4) is 0 Å². The average molecular weight is 221 g/mol. The van der Waals surface area contributed by atoms with Crippen LogP contribution in [0.15, 0.2) is 24.3 Å². The molecule has 0 radical (unpaired) electrons. The van der Waals surface area contributed by atoms with Crippen LogP contribution in [0.1, 0.15) is 30.1 Å². The molecule has 0 aliphatic carbocycles. The van der Waals surface area contributed by atoms with Gasteiger partial charge in [0.25, 0.3) is 0 Å².